The molecule has 3 N–H and O–H groups in total. The molecule has 21 heavy (non-hydrogen) atoms. The molecule has 2 rings (SSSR count). The van der Waals surface area contributed by atoms with Crippen molar-refractivity contribution in [2.24, 2.45) is 5.73 Å². The zero-order valence-electron chi connectivity index (χ0n) is 10.5. The van der Waals surface area contributed by atoms with Crippen LogP contribution in [-0.2, 0) is 0 Å². The Kier molecular flexibility index (Phi) is 5.08. The lowest BCUT2D eigenvalue weighted by Crippen LogP contribution is -2.14. The number of rotatable bonds is 3. The minimum atomic E-state index is -0.495. The lowest BCUT2D eigenvalue weighted by Gasteiger charge is -2.10. The first-order valence-electron chi connectivity index (χ1n) is 5.75. The molecule has 0 aromatic heterocycles. The highest BCUT2D eigenvalue weighted by molar-refractivity contribution is 9.11. The van der Waals surface area contributed by atoms with Crippen molar-refractivity contribution in [3.8, 4) is 0 Å². The molecule has 7 heteroatoms. The maximum Gasteiger partial charge on any atom is 0.256 e. The minimum Gasteiger partial charge on any atom is -0.389 e. The molecule has 0 aliphatic rings. The van der Waals surface area contributed by atoms with E-state index in [0.717, 1.165) is 0 Å². The standard InChI is InChI=1S/C14H9Br2FN2OS/c15-9-6-7(13(18)21)4-5-11(9)19-14(20)8-2-1-3-10(17)12(8)16/h1-6H,(H2,18,21)(H,19,20). The van der Waals surface area contributed by atoms with Crippen LogP contribution in [0.5, 0.6) is 0 Å². The summed E-state index contributed by atoms with van der Waals surface area (Å²) in [7, 11) is 0. The van der Waals surface area contributed by atoms with E-state index in [1.54, 1.807) is 18.2 Å². The van der Waals surface area contributed by atoms with E-state index in [2.05, 4.69) is 37.2 Å². The van der Waals surface area contributed by atoms with E-state index in [0.29, 0.717) is 15.7 Å². The van der Waals surface area contributed by atoms with E-state index in [9.17, 15) is 9.18 Å². The average molecular weight is 432 g/mol. The van der Waals surface area contributed by atoms with Crippen molar-refractivity contribution < 1.29 is 9.18 Å². The van der Waals surface area contributed by atoms with Gasteiger partial charge >= 0.3 is 0 Å². The van der Waals surface area contributed by atoms with Crippen molar-refractivity contribution in [3.63, 3.8) is 0 Å². The lowest BCUT2D eigenvalue weighted by molar-refractivity contribution is 0.102. The zero-order chi connectivity index (χ0) is 15.6. The molecule has 0 aliphatic heterocycles. The second kappa shape index (κ2) is 6.64. The van der Waals surface area contributed by atoms with Gasteiger partial charge in [-0.2, -0.15) is 0 Å². The highest BCUT2D eigenvalue weighted by atomic mass is 79.9. The van der Waals surface area contributed by atoms with Crippen LogP contribution in [0.15, 0.2) is 45.3 Å². The smallest absolute Gasteiger partial charge is 0.256 e. The third-order valence-corrected chi connectivity index (χ3v) is 4.40. The van der Waals surface area contributed by atoms with Crippen LogP contribution in [0.1, 0.15) is 15.9 Å². The number of carbonyl (C=O) groups excluding carboxylic acids is 1. The summed E-state index contributed by atoms with van der Waals surface area (Å²) in [6.07, 6.45) is 0. The van der Waals surface area contributed by atoms with Gasteiger partial charge in [0.2, 0.25) is 0 Å². The molecule has 0 atom stereocenters. The van der Waals surface area contributed by atoms with E-state index < -0.39 is 11.7 Å². The first-order chi connectivity index (χ1) is 9.90. The molecule has 3 nitrogen and oxygen atoms in total. The van der Waals surface area contributed by atoms with Gasteiger partial charge in [-0.3, -0.25) is 4.79 Å². The molecule has 0 heterocycles. The van der Waals surface area contributed by atoms with Gasteiger partial charge < -0.3 is 11.1 Å². The molecule has 0 fully saturated rings. The summed E-state index contributed by atoms with van der Waals surface area (Å²) in [5.41, 5.74) is 6.97. The van der Waals surface area contributed by atoms with Crippen molar-refractivity contribution >= 4 is 60.7 Å². The Morgan fingerprint density at radius 2 is 1.95 bits per heavy atom. The van der Waals surface area contributed by atoms with Crippen LogP contribution in [0.4, 0.5) is 10.1 Å². The van der Waals surface area contributed by atoms with Crippen LogP contribution >= 0.6 is 44.1 Å². The normalized spacial score (nSPS) is 10.2. The van der Waals surface area contributed by atoms with Gasteiger partial charge in [0.05, 0.1) is 15.7 Å². The summed E-state index contributed by atoms with van der Waals surface area (Å²) in [6.45, 7) is 0. The molecule has 2 aromatic rings. The number of halogens is 3. The number of hydrogen-bond acceptors (Lipinski definition) is 2. The molecule has 0 aliphatic carbocycles. The largest absolute Gasteiger partial charge is 0.389 e. The predicted octanol–water partition coefficient (Wildman–Crippen LogP) is 4.24. The number of anilines is 1. The van der Waals surface area contributed by atoms with Gasteiger partial charge in [0, 0.05) is 10.0 Å². The molecular formula is C14H9Br2FN2OS. The molecule has 0 saturated carbocycles. The van der Waals surface area contributed by atoms with Gasteiger partial charge in [-0.05, 0) is 62.2 Å². The van der Waals surface area contributed by atoms with Crippen LogP contribution in [0, 0.1) is 5.82 Å². The van der Waals surface area contributed by atoms with Crippen molar-refractivity contribution in [2.75, 3.05) is 5.32 Å². The van der Waals surface area contributed by atoms with Crippen molar-refractivity contribution in [1.29, 1.82) is 0 Å². The number of benzene rings is 2. The molecule has 1 amide bonds. The van der Waals surface area contributed by atoms with Gasteiger partial charge in [-0.1, -0.05) is 18.3 Å². The molecule has 0 saturated heterocycles. The fourth-order valence-electron chi connectivity index (χ4n) is 1.64. The summed E-state index contributed by atoms with van der Waals surface area (Å²) < 4.78 is 14.2. The molecule has 108 valence electrons. The summed E-state index contributed by atoms with van der Waals surface area (Å²) in [6, 6.07) is 9.35. The Hall–Kier alpha value is -1.31. The Morgan fingerprint density at radius 3 is 2.57 bits per heavy atom. The third kappa shape index (κ3) is 3.66. The predicted molar refractivity (Wildman–Crippen MR) is 92.1 cm³/mol. The highest BCUT2D eigenvalue weighted by Gasteiger charge is 2.14. The van der Waals surface area contributed by atoms with Crippen molar-refractivity contribution in [3.05, 3.63) is 62.3 Å². The second-order valence-electron chi connectivity index (χ2n) is 4.11. The Balaban J connectivity index is 2.28. The first-order valence-corrected chi connectivity index (χ1v) is 7.74. The lowest BCUT2D eigenvalue weighted by atomic mass is 10.1. The van der Waals surface area contributed by atoms with Gasteiger partial charge in [-0.15, -0.1) is 0 Å². The summed E-state index contributed by atoms with van der Waals surface area (Å²) >= 11 is 11.3. The number of hydrogen-bond donors (Lipinski definition) is 2. The fourth-order valence-corrected chi connectivity index (χ4v) is 2.69. The first kappa shape index (κ1) is 16.1. The fraction of sp³-hybridized carbons (Fsp3) is 0. The Bertz CT molecular complexity index is 737. The number of nitrogens with one attached hydrogen (secondary N) is 1. The molecule has 0 unspecified atom stereocenters. The van der Waals surface area contributed by atoms with Gasteiger partial charge in [0.15, 0.2) is 0 Å². The second-order valence-corrected chi connectivity index (χ2v) is 6.20. The minimum absolute atomic E-state index is 0.123. The van der Waals surface area contributed by atoms with Gasteiger partial charge in [0.25, 0.3) is 5.91 Å². The van der Waals surface area contributed by atoms with E-state index >= 15 is 0 Å². The van der Waals surface area contributed by atoms with Crippen LogP contribution in [0.25, 0.3) is 0 Å². The zero-order valence-corrected chi connectivity index (χ0v) is 14.5. The van der Waals surface area contributed by atoms with Crippen molar-refractivity contribution in [1.82, 2.24) is 0 Å². The van der Waals surface area contributed by atoms with E-state index in [4.69, 9.17) is 18.0 Å². The van der Waals surface area contributed by atoms with Crippen LogP contribution < -0.4 is 11.1 Å². The van der Waals surface area contributed by atoms with Crippen molar-refractivity contribution in [2.45, 2.75) is 0 Å². The molecule has 0 bridgehead atoms. The topological polar surface area (TPSA) is 55.1 Å². The average Bonchev–Trinajstić information content (AvgIpc) is 2.43. The van der Waals surface area contributed by atoms with E-state index in [-0.39, 0.29) is 15.0 Å². The molecule has 2 aromatic carbocycles. The summed E-state index contributed by atoms with van der Waals surface area (Å²) in [5, 5.41) is 2.69. The van der Waals surface area contributed by atoms with E-state index in [1.807, 2.05) is 0 Å². The number of thiocarbonyl (C=S) groups is 1. The Labute approximate surface area is 143 Å². The molecular weight excluding hydrogens is 423 g/mol. The van der Waals surface area contributed by atoms with Gasteiger partial charge in [0.1, 0.15) is 10.8 Å². The number of amides is 1. The Morgan fingerprint density at radius 1 is 1.24 bits per heavy atom. The summed E-state index contributed by atoms with van der Waals surface area (Å²) in [4.78, 5) is 12.4. The molecule has 0 spiro atoms. The number of nitrogens with two attached hydrogens (primary N) is 1. The van der Waals surface area contributed by atoms with Crippen LogP contribution in [0.3, 0.4) is 0 Å². The SMILES string of the molecule is NC(=S)c1ccc(NC(=O)c2cccc(F)c2Br)c(Br)c1. The molecule has 0 radical (unpaired) electrons. The monoisotopic (exact) mass is 430 g/mol. The number of carbonyl (C=O) groups is 1. The van der Waals surface area contributed by atoms with Gasteiger partial charge in [-0.25, -0.2) is 4.39 Å². The van der Waals surface area contributed by atoms with Crippen LogP contribution in [-0.4, -0.2) is 10.9 Å². The quantitative estimate of drug-likeness (QED) is 0.714. The highest BCUT2D eigenvalue weighted by Crippen LogP contribution is 2.26. The maximum atomic E-state index is 13.4. The van der Waals surface area contributed by atoms with Crippen LogP contribution in [0.2, 0.25) is 0 Å². The maximum absolute atomic E-state index is 13.4. The third-order valence-electron chi connectivity index (χ3n) is 2.70. The summed E-state index contributed by atoms with van der Waals surface area (Å²) in [5.74, 6) is -0.921. The van der Waals surface area contributed by atoms with E-state index in [1.165, 1.54) is 18.2 Å².